The number of rotatable bonds is 3. The number of nitrogens with one attached hydrogen (secondary N) is 1. The second-order valence-electron chi connectivity index (χ2n) is 3.29. The van der Waals surface area contributed by atoms with Crippen molar-refractivity contribution in [2.45, 2.75) is 6.42 Å². The van der Waals surface area contributed by atoms with Crippen LogP contribution in [0.5, 0.6) is 0 Å². The molecule has 2 aromatic rings. The van der Waals surface area contributed by atoms with E-state index in [1.54, 1.807) is 18.5 Å². The fraction of sp³-hybridized carbons (Fsp3) is 0.0833. The minimum atomic E-state index is 0.367. The molecular weight excluding hydrogens is 202 g/mol. The van der Waals surface area contributed by atoms with Gasteiger partial charge in [-0.2, -0.15) is 5.26 Å². The van der Waals surface area contributed by atoms with Crippen LogP contribution >= 0.6 is 0 Å². The van der Waals surface area contributed by atoms with Crippen molar-refractivity contribution in [1.29, 1.82) is 5.26 Å². The molecule has 0 radical (unpaired) electrons. The van der Waals surface area contributed by atoms with Gasteiger partial charge >= 0.3 is 0 Å². The Hall–Kier alpha value is -2.41. The summed E-state index contributed by atoms with van der Waals surface area (Å²) in [4.78, 5) is 17.8. The van der Waals surface area contributed by atoms with Crippen LogP contribution in [0.1, 0.15) is 22.3 Å². The summed E-state index contributed by atoms with van der Waals surface area (Å²) in [5.41, 5.74) is 2.17. The normalized spacial score (nSPS) is 10.7. The van der Waals surface area contributed by atoms with Gasteiger partial charge in [0.15, 0.2) is 6.29 Å². The Morgan fingerprint density at radius 1 is 1.56 bits per heavy atom. The van der Waals surface area contributed by atoms with E-state index in [4.69, 9.17) is 5.26 Å². The summed E-state index contributed by atoms with van der Waals surface area (Å²) in [7, 11) is 0. The van der Waals surface area contributed by atoms with Crippen molar-refractivity contribution in [1.82, 2.24) is 9.97 Å². The molecule has 0 atom stereocenters. The standard InChI is InChI=1S/C12H9N3O/c13-4-2-1-3-9-5-11-10(8-16)7-15-12(11)14-6-9/h1,3,5-8H,2H2,(H,14,15). The van der Waals surface area contributed by atoms with Gasteiger partial charge in [0.2, 0.25) is 0 Å². The molecule has 2 aromatic heterocycles. The highest BCUT2D eigenvalue weighted by Gasteiger charge is 2.03. The van der Waals surface area contributed by atoms with Gasteiger partial charge < -0.3 is 4.98 Å². The maximum Gasteiger partial charge on any atom is 0.152 e. The Labute approximate surface area is 92.2 Å². The third-order valence-electron chi connectivity index (χ3n) is 2.23. The fourth-order valence-corrected chi connectivity index (χ4v) is 1.48. The second-order valence-corrected chi connectivity index (χ2v) is 3.29. The molecular formula is C12H9N3O. The Morgan fingerprint density at radius 3 is 3.19 bits per heavy atom. The van der Waals surface area contributed by atoms with Crippen molar-refractivity contribution in [3.8, 4) is 6.07 Å². The van der Waals surface area contributed by atoms with Gasteiger partial charge in [0.05, 0.1) is 12.5 Å². The number of allylic oxidation sites excluding steroid dienone is 1. The molecule has 0 amide bonds. The highest BCUT2D eigenvalue weighted by Crippen LogP contribution is 2.16. The van der Waals surface area contributed by atoms with E-state index < -0.39 is 0 Å². The SMILES string of the molecule is N#CCC=Cc1cnc2[nH]cc(C=O)c2c1. The van der Waals surface area contributed by atoms with Crippen molar-refractivity contribution in [3.05, 3.63) is 35.7 Å². The molecule has 0 aliphatic heterocycles. The summed E-state index contributed by atoms with van der Waals surface area (Å²) in [5.74, 6) is 0. The number of hydrogen-bond acceptors (Lipinski definition) is 3. The molecule has 4 nitrogen and oxygen atoms in total. The number of aromatic nitrogens is 2. The third kappa shape index (κ3) is 1.84. The van der Waals surface area contributed by atoms with Gasteiger partial charge in [-0.25, -0.2) is 4.98 Å². The van der Waals surface area contributed by atoms with Gasteiger partial charge in [0.1, 0.15) is 5.65 Å². The zero-order valence-electron chi connectivity index (χ0n) is 8.47. The predicted molar refractivity (Wildman–Crippen MR) is 60.7 cm³/mol. The number of hydrogen-bond donors (Lipinski definition) is 1. The predicted octanol–water partition coefficient (Wildman–Crippen LogP) is 2.30. The molecule has 0 saturated heterocycles. The van der Waals surface area contributed by atoms with E-state index in [1.165, 1.54) is 0 Å². The van der Waals surface area contributed by atoms with E-state index in [1.807, 2.05) is 18.2 Å². The van der Waals surface area contributed by atoms with Crippen LogP contribution < -0.4 is 0 Å². The first-order valence-corrected chi connectivity index (χ1v) is 4.81. The molecule has 16 heavy (non-hydrogen) atoms. The van der Waals surface area contributed by atoms with Crippen molar-refractivity contribution in [2.75, 3.05) is 0 Å². The lowest BCUT2D eigenvalue weighted by Gasteiger charge is -1.94. The van der Waals surface area contributed by atoms with Crippen LogP contribution in [0, 0.1) is 11.3 Å². The molecule has 4 heteroatoms. The summed E-state index contributed by atoms with van der Waals surface area (Å²) in [5, 5.41) is 9.20. The molecule has 0 bridgehead atoms. The van der Waals surface area contributed by atoms with Crippen LogP contribution in [0.15, 0.2) is 24.5 Å². The molecule has 1 N–H and O–H groups in total. The summed E-state index contributed by atoms with van der Waals surface area (Å²) in [6.45, 7) is 0. The number of pyridine rings is 1. The molecule has 2 rings (SSSR count). The number of H-pyrrole nitrogens is 1. The van der Waals surface area contributed by atoms with E-state index >= 15 is 0 Å². The van der Waals surface area contributed by atoms with Gasteiger partial charge in [0.25, 0.3) is 0 Å². The quantitative estimate of drug-likeness (QED) is 0.792. The van der Waals surface area contributed by atoms with Crippen molar-refractivity contribution in [3.63, 3.8) is 0 Å². The van der Waals surface area contributed by atoms with E-state index in [9.17, 15) is 4.79 Å². The van der Waals surface area contributed by atoms with Gasteiger partial charge in [-0.05, 0) is 11.6 Å². The van der Waals surface area contributed by atoms with Gasteiger partial charge in [-0.1, -0.05) is 12.2 Å². The molecule has 2 heterocycles. The Morgan fingerprint density at radius 2 is 2.44 bits per heavy atom. The first kappa shape index (κ1) is 10.1. The molecule has 0 saturated carbocycles. The minimum Gasteiger partial charge on any atom is -0.345 e. The monoisotopic (exact) mass is 211 g/mol. The Kier molecular flexibility index (Phi) is 2.79. The van der Waals surface area contributed by atoms with Crippen molar-refractivity contribution < 1.29 is 4.79 Å². The number of fused-ring (bicyclic) bond motifs is 1. The smallest absolute Gasteiger partial charge is 0.152 e. The van der Waals surface area contributed by atoms with Crippen LogP contribution in [0.25, 0.3) is 17.1 Å². The summed E-state index contributed by atoms with van der Waals surface area (Å²) < 4.78 is 0. The highest BCUT2D eigenvalue weighted by molar-refractivity contribution is 5.96. The average Bonchev–Trinajstić information content (AvgIpc) is 2.71. The number of nitriles is 1. The maximum absolute atomic E-state index is 10.7. The van der Waals surface area contributed by atoms with Crippen LogP contribution in [0.4, 0.5) is 0 Å². The lowest BCUT2D eigenvalue weighted by atomic mass is 10.1. The van der Waals surface area contributed by atoms with Crippen molar-refractivity contribution >= 4 is 23.4 Å². The molecule has 0 spiro atoms. The largest absolute Gasteiger partial charge is 0.345 e. The van der Waals surface area contributed by atoms with E-state index in [2.05, 4.69) is 9.97 Å². The molecule has 0 aliphatic rings. The zero-order chi connectivity index (χ0) is 11.4. The number of carbonyl (C=O) groups is 1. The zero-order valence-corrected chi connectivity index (χ0v) is 8.47. The topological polar surface area (TPSA) is 69.5 Å². The number of aldehydes is 1. The average molecular weight is 211 g/mol. The van der Waals surface area contributed by atoms with Gasteiger partial charge in [-0.15, -0.1) is 0 Å². The highest BCUT2D eigenvalue weighted by atomic mass is 16.1. The summed E-state index contributed by atoms with van der Waals surface area (Å²) >= 11 is 0. The Balaban J connectivity index is 2.42. The Bertz CT molecular complexity index is 590. The van der Waals surface area contributed by atoms with Gasteiger partial charge in [0, 0.05) is 23.3 Å². The number of carbonyl (C=O) groups excluding carboxylic acids is 1. The van der Waals surface area contributed by atoms with Gasteiger partial charge in [-0.3, -0.25) is 4.79 Å². The summed E-state index contributed by atoms with van der Waals surface area (Å²) in [6.07, 6.45) is 8.07. The molecule has 78 valence electrons. The maximum atomic E-state index is 10.7. The van der Waals surface area contributed by atoms with Crippen LogP contribution in [0.3, 0.4) is 0 Å². The molecule has 0 aliphatic carbocycles. The lowest BCUT2D eigenvalue weighted by Crippen LogP contribution is -1.81. The van der Waals surface area contributed by atoms with E-state index in [0.29, 0.717) is 17.6 Å². The number of aromatic amines is 1. The first-order chi connectivity index (χ1) is 7.85. The molecule has 0 aromatic carbocycles. The third-order valence-corrected chi connectivity index (χ3v) is 2.23. The van der Waals surface area contributed by atoms with Crippen molar-refractivity contribution in [2.24, 2.45) is 0 Å². The van der Waals surface area contributed by atoms with Crippen LogP contribution in [-0.4, -0.2) is 16.3 Å². The molecule has 0 unspecified atom stereocenters. The van der Waals surface area contributed by atoms with E-state index in [-0.39, 0.29) is 0 Å². The first-order valence-electron chi connectivity index (χ1n) is 4.81. The van der Waals surface area contributed by atoms with Crippen LogP contribution in [-0.2, 0) is 0 Å². The minimum absolute atomic E-state index is 0.367. The fourth-order valence-electron chi connectivity index (χ4n) is 1.48. The second kappa shape index (κ2) is 4.41. The summed E-state index contributed by atoms with van der Waals surface area (Å²) in [6, 6.07) is 3.89. The lowest BCUT2D eigenvalue weighted by molar-refractivity contribution is 0.112. The number of nitrogens with zero attached hydrogens (tertiary/aromatic N) is 2. The van der Waals surface area contributed by atoms with Crippen LogP contribution in [0.2, 0.25) is 0 Å². The molecule has 0 fully saturated rings. The van der Waals surface area contributed by atoms with E-state index in [0.717, 1.165) is 17.2 Å².